The third-order valence-electron chi connectivity index (χ3n) is 10.2. The van der Waals surface area contributed by atoms with Gasteiger partial charge in [0.1, 0.15) is 24.9 Å². The zero-order chi connectivity index (χ0) is 35.6. The molecule has 1 fully saturated rings. The highest BCUT2D eigenvalue weighted by Crippen LogP contribution is 2.23. The van der Waals surface area contributed by atoms with Crippen molar-refractivity contribution in [2.75, 3.05) is 13.2 Å². The van der Waals surface area contributed by atoms with Crippen molar-refractivity contribution in [1.29, 1.82) is 0 Å². The van der Waals surface area contributed by atoms with E-state index in [1.54, 1.807) is 0 Å². The Labute approximate surface area is 314 Å². The number of aliphatic hydroxyl groups excluding tert-OH is 2. The Morgan fingerprint density at radius 2 is 0.878 bits per heavy atom. The van der Waals surface area contributed by atoms with Crippen molar-refractivity contribution in [3.63, 3.8) is 0 Å². The van der Waals surface area contributed by atoms with Crippen LogP contribution in [0.3, 0.4) is 0 Å². The van der Waals surface area contributed by atoms with E-state index in [1.807, 2.05) is 0 Å². The zero-order valence-electron chi connectivity index (χ0n) is 32.3. The molecule has 49 heavy (non-hydrogen) atoms. The van der Waals surface area contributed by atoms with E-state index < -0.39 is 24.4 Å². The lowest BCUT2D eigenvalue weighted by atomic mass is 10.0. The van der Waals surface area contributed by atoms with Gasteiger partial charge in [-0.05, 0) is 37.3 Å². The number of hydrogen-bond acceptors (Lipinski definition) is 7. The van der Waals surface area contributed by atoms with Crippen LogP contribution in [0, 0.1) is 0 Å². The van der Waals surface area contributed by atoms with Crippen molar-refractivity contribution in [3.8, 4) is 0 Å². The molecule has 0 aromatic heterocycles. The van der Waals surface area contributed by atoms with Gasteiger partial charge in [0.2, 0.25) is 0 Å². The summed E-state index contributed by atoms with van der Waals surface area (Å²) < 4.78 is 17.2. The van der Waals surface area contributed by atoms with Crippen molar-refractivity contribution in [2.24, 2.45) is 0 Å². The second kappa shape index (κ2) is 34.7. The molecule has 0 aliphatic carbocycles. The van der Waals surface area contributed by atoms with Crippen LogP contribution < -0.4 is 0 Å². The summed E-state index contributed by atoms with van der Waals surface area (Å²) in [5.74, 6) is 0. The molecule has 290 valence electrons. The van der Waals surface area contributed by atoms with Crippen molar-refractivity contribution in [1.82, 2.24) is 0 Å². The summed E-state index contributed by atoms with van der Waals surface area (Å²) in [5.41, 5.74) is 0. The molecular weight excluding hydrogens is 649 g/mol. The van der Waals surface area contributed by atoms with Crippen LogP contribution in [0.15, 0.2) is 0 Å². The molecule has 0 unspecified atom stereocenters. The molecule has 0 spiro atoms. The Hall–Kier alpha value is -0.340. The quantitative estimate of drug-likeness (QED) is 0.0492. The van der Waals surface area contributed by atoms with Gasteiger partial charge in [0.05, 0.1) is 6.61 Å². The minimum Gasteiger partial charge on any atom is -0.484 e. The highest BCUT2D eigenvalue weighted by atomic mass is 32.1. The van der Waals surface area contributed by atoms with E-state index in [-0.39, 0.29) is 13.2 Å². The number of unbranched alkanes of at least 4 members (excludes halogenated alkanes) is 28. The SMILES string of the molecule is CCCCCCCCCCCCCCCCCC(=S)OC[C@H](O)[C@H]1OC[C@@H](OC(=S)CCCCCCCCCCCCCCCCC)[C@H]1O. The zero-order valence-corrected chi connectivity index (χ0v) is 33.9. The first kappa shape index (κ1) is 46.7. The fourth-order valence-corrected chi connectivity index (χ4v) is 7.39. The minimum absolute atomic E-state index is 0.0234. The number of ether oxygens (including phenoxy) is 3. The second-order valence-electron chi connectivity index (χ2n) is 15.0. The number of hydrogen-bond donors (Lipinski definition) is 2. The van der Waals surface area contributed by atoms with Crippen LogP contribution in [-0.2, 0) is 14.2 Å². The molecule has 2 N–H and O–H groups in total. The topological polar surface area (TPSA) is 68.2 Å². The van der Waals surface area contributed by atoms with Gasteiger partial charge in [0.15, 0.2) is 16.2 Å². The maximum Gasteiger partial charge on any atom is 0.160 e. The van der Waals surface area contributed by atoms with Gasteiger partial charge in [-0.2, -0.15) is 0 Å². The predicted molar refractivity (Wildman–Crippen MR) is 217 cm³/mol. The summed E-state index contributed by atoms with van der Waals surface area (Å²) >= 11 is 10.8. The van der Waals surface area contributed by atoms with E-state index >= 15 is 0 Å². The third kappa shape index (κ3) is 27.9. The highest BCUT2D eigenvalue weighted by Gasteiger charge is 2.42. The number of rotatable bonds is 36. The van der Waals surface area contributed by atoms with Crippen LogP contribution in [0.5, 0.6) is 0 Å². The minimum atomic E-state index is -0.966. The maximum absolute atomic E-state index is 10.7. The van der Waals surface area contributed by atoms with E-state index in [2.05, 4.69) is 13.8 Å². The van der Waals surface area contributed by atoms with Crippen molar-refractivity contribution in [3.05, 3.63) is 0 Å². The second-order valence-corrected chi connectivity index (χ2v) is 15.9. The summed E-state index contributed by atoms with van der Waals surface area (Å²) in [5, 5.41) is 22.4. The molecule has 1 aliphatic heterocycles. The lowest BCUT2D eigenvalue weighted by Crippen LogP contribution is -2.42. The number of thiocarbonyl (C=S) groups is 2. The lowest BCUT2D eigenvalue weighted by Gasteiger charge is -2.23. The van der Waals surface area contributed by atoms with Gasteiger partial charge in [0.25, 0.3) is 0 Å². The monoisotopic (exact) mass is 729 g/mol. The van der Waals surface area contributed by atoms with Crippen molar-refractivity contribution in [2.45, 2.75) is 244 Å². The standard InChI is InChI=1S/C42H80O5S2/c1-3-5-7-9-11-13-15-17-19-21-23-25-27-29-31-33-39(48)45-35-37(43)42-41(44)38(36-46-42)47-40(49)34-32-30-28-26-24-22-20-18-16-14-12-10-8-6-4-2/h37-38,41-44H,3-36H2,1-2H3/t37-,38+,41+,42+/m0/s1. The number of aliphatic hydroxyl groups is 2. The van der Waals surface area contributed by atoms with Gasteiger partial charge >= 0.3 is 0 Å². The lowest BCUT2D eigenvalue weighted by molar-refractivity contribution is -0.0657. The molecule has 0 aromatic rings. The Morgan fingerprint density at radius 1 is 0.551 bits per heavy atom. The van der Waals surface area contributed by atoms with Gasteiger partial charge < -0.3 is 24.4 Å². The molecule has 1 aliphatic rings. The van der Waals surface area contributed by atoms with Gasteiger partial charge in [-0.25, -0.2) is 0 Å². The Morgan fingerprint density at radius 3 is 1.24 bits per heavy atom. The largest absolute Gasteiger partial charge is 0.484 e. The molecule has 1 saturated heterocycles. The first-order valence-electron chi connectivity index (χ1n) is 21.3. The molecular formula is C42H80O5S2. The molecule has 0 saturated carbocycles. The Kier molecular flexibility index (Phi) is 33.1. The van der Waals surface area contributed by atoms with Crippen molar-refractivity contribution < 1.29 is 24.4 Å². The summed E-state index contributed by atoms with van der Waals surface area (Å²) in [6.45, 7) is 4.79. The van der Waals surface area contributed by atoms with Crippen molar-refractivity contribution >= 4 is 34.5 Å². The summed E-state index contributed by atoms with van der Waals surface area (Å²) in [4.78, 5) is 0. The van der Waals surface area contributed by atoms with Gasteiger partial charge in [-0.1, -0.05) is 194 Å². The molecule has 4 atom stereocenters. The van der Waals surface area contributed by atoms with Crippen LogP contribution in [-0.4, -0.2) is 57.9 Å². The molecule has 0 bridgehead atoms. The molecule has 5 nitrogen and oxygen atoms in total. The normalized spacial score (nSPS) is 18.2. The van der Waals surface area contributed by atoms with Gasteiger partial charge in [-0.15, -0.1) is 0 Å². The predicted octanol–water partition coefficient (Wildman–Crippen LogP) is 12.7. The smallest absolute Gasteiger partial charge is 0.160 e. The molecule has 0 radical (unpaired) electrons. The van der Waals surface area contributed by atoms with Gasteiger partial charge in [-0.3, -0.25) is 0 Å². The Balaban J connectivity index is 1.95. The van der Waals surface area contributed by atoms with Crippen LogP contribution in [0.25, 0.3) is 0 Å². The average molecular weight is 729 g/mol. The molecule has 0 amide bonds. The maximum atomic E-state index is 10.7. The third-order valence-corrected chi connectivity index (χ3v) is 10.8. The van der Waals surface area contributed by atoms with Crippen LogP contribution in [0.1, 0.15) is 219 Å². The molecule has 1 heterocycles. The van der Waals surface area contributed by atoms with Crippen LogP contribution in [0.2, 0.25) is 0 Å². The van der Waals surface area contributed by atoms with E-state index in [4.69, 9.17) is 38.6 Å². The fraction of sp³-hybridized carbons (Fsp3) is 0.952. The molecule has 7 heteroatoms. The van der Waals surface area contributed by atoms with E-state index in [0.717, 1.165) is 38.5 Å². The molecule has 0 aromatic carbocycles. The fourth-order valence-electron chi connectivity index (χ4n) is 6.91. The molecule has 1 rings (SSSR count). The van der Waals surface area contributed by atoms with E-state index in [9.17, 15) is 10.2 Å². The first-order chi connectivity index (χ1) is 24.0. The van der Waals surface area contributed by atoms with E-state index in [1.165, 1.54) is 167 Å². The summed E-state index contributed by atoms with van der Waals surface area (Å²) in [6.07, 6.45) is 38.2. The van der Waals surface area contributed by atoms with E-state index in [0.29, 0.717) is 10.1 Å². The summed E-state index contributed by atoms with van der Waals surface area (Å²) in [6, 6.07) is 0. The average Bonchev–Trinajstić information content (AvgIpc) is 3.46. The first-order valence-corrected chi connectivity index (χ1v) is 22.1. The van der Waals surface area contributed by atoms with Gasteiger partial charge in [0, 0.05) is 12.8 Å². The summed E-state index contributed by atoms with van der Waals surface area (Å²) in [7, 11) is 0. The van der Waals surface area contributed by atoms with Crippen LogP contribution in [0.4, 0.5) is 0 Å². The van der Waals surface area contributed by atoms with Crippen LogP contribution >= 0.6 is 24.4 Å². The highest BCUT2D eigenvalue weighted by molar-refractivity contribution is 7.80. The Bertz CT molecular complexity index is 751.